The number of hydrogen-bond donors (Lipinski definition) is 2. The molecule has 1 aromatic rings. The molecule has 2 rings (SSSR count). The first-order valence-corrected chi connectivity index (χ1v) is 7.01. The summed E-state index contributed by atoms with van der Waals surface area (Å²) in [5.74, 6) is 0. The zero-order valence-corrected chi connectivity index (χ0v) is 10.4. The summed E-state index contributed by atoms with van der Waals surface area (Å²) in [5, 5.41) is 14.1. The Balaban J connectivity index is 2.43. The summed E-state index contributed by atoms with van der Waals surface area (Å²) in [5.41, 5.74) is 1.15. The number of hydrogen-bond acceptors (Lipinski definition) is 4. The van der Waals surface area contributed by atoms with Crippen LogP contribution in [0.1, 0.15) is 30.1 Å². The van der Waals surface area contributed by atoms with Crippen LogP contribution in [0.2, 0.25) is 0 Å². The van der Waals surface area contributed by atoms with E-state index in [4.69, 9.17) is 9.88 Å². The van der Waals surface area contributed by atoms with Gasteiger partial charge in [-0.3, -0.25) is 4.72 Å². The van der Waals surface area contributed by atoms with Crippen molar-refractivity contribution < 1.29 is 13.2 Å². The van der Waals surface area contributed by atoms with Crippen molar-refractivity contribution in [3.63, 3.8) is 0 Å². The van der Waals surface area contributed by atoms with Crippen LogP contribution >= 0.6 is 0 Å². The van der Waals surface area contributed by atoms with Gasteiger partial charge in [0.25, 0.3) is 10.2 Å². The number of anilines is 1. The standard InChI is InChI=1S/C11H13N3O3S/c12-7-9-8(11-5-2-6-17-11)3-1-4-10(9)14-18(13,15)16/h1,3-4,11,14H,2,5-6H2,(H2,13,15,16). The van der Waals surface area contributed by atoms with Gasteiger partial charge in [0.05, 0.1) is 17.4 Å². The van der Waals surface area contributed by atoms with Crippen molar-refractivity contribution in [3.8, 4) is 6.07 Å². The van der Waals surface area contributed by atoms with Crippen LogP contribution in [0.15, 0.2) is 18.2 Å². The van der Waals surface area contributed by atoms with Gasteiger partial charge < -0.3 is 4.74 Å². The van der Waals surface area contributed by atoms with Gasteiger partial charge in [-0.2, -0.15) is 13.7 Å². The second-order valence-corrected chi connectivity index (χ2v) is 5.32. The fourth-order valence-corrected chi connectivity index (χ4v) is 2.50. The second kappa shape index (κ2) is 4.94. The lowest BCUT2D eigenvalue weighted by Crippen LogP contribution is -2.22. The summed E-state index contributed by atoms with van der Waals surface area (Å²) in [6.45, 7) is 0.655. The fraction of sp³-hybridized carbons (Fsp3) is 0.364. The molecule has 1 aliphatic rings. The number of nitriles is 1. The Morgan fingerprint density at radius 2 is 2.28 bits per heavy atom. The molecule has 1 fully saturated rings. The Hall–Kier alpha value is -1.62. The molecule has 0 aliphatic carbocycles. The Morgan fingerprint density at radius 1 is 1.50 bits per heavy atom. The van der Waals surface area contributed by atoms with Crippen molar-refractivity contribution in [2.24, 2.45) is 5.14 Å². The predicted octanol–water partition coefficient (Wildman–Crippen LogP) is 1.03. The van der Waals surface area contributed by atoms with Gasteiger partial charge >= 0.3 is 0 Å². The molecule has 0 spiro atoms. The molecular weight excluding hydrogens is 254 g/mol. The van der Waals surface area contributed by atoms with E-state index in [1.165, 1.54) is 6.07 Å². The van der Waals surface area contributed by atoms with Gasteiger partial charge in [0.15, 0.2) is 0 Å². The molecule has 1 unspecified atom stereocenters. The number of nitrogens with two attached hydrogens (primary N) is 1. The lowest BCUT2D eigenvalue weighted by atomic mass is 10.00. The number of ether oxygens (including phenoxy) is 1. The van der Waals surface area contributed by atoms with Crippen LogP contribution in [0.5, 0.6) is 0 Å². The molecule has 0 saturated carbocycles. The summed E-state index contributed by atoms with van der Waals surface area (Å²) < 4.78 is 29.7. The van der Waals surface area contributed by atoms with Crippen LogP contribution in [0.4, 0.5) is 5.69 Å². The Kier molecular flexibility index (Phi) is 3.52. The Bertz CT molecular complexity index is 586. The van der Waals surface area contributed by atoms with Gasteiger partial charge in [0.2, 0.25) is 0 Å². The first kappa shape index (κ1) is 12.8. The molecule has 1 heterocycles. The summed E-state index contributed by atoms with van der Waals surface area (Å²) in [6, 6.07) is 6.94. The zero-order valence-electron chi connectivity index (χ0n) is 9.59. The van der Waals surface area contributed by atoms with E-state index in [9.17, 15) is 13.7 Å². The minimum Gasteiger partial charge on any atom is -0.373 e. The van der Waals surface area contributed by atoms with Crippen molar-refractivity contribution >= 4 is 15.9 Å². The Morgan fingerprint density at radius 3 is 2.83 bits per heavy atom. The van der Waals surface area contributed by atoms with Gasteiger partial charge in [0, 0.05) is 12.2 Å². The minimum absolute atomic E-state index is 0.151. The number of benzene rings is 1. The zero-order chi connectivity index (χ0) is 13.2. The molecule has 1 atom stereocenters. The van der Waals surface area contributed by atoms with Crippen LogP contribution < -0.4 is 9.86 Å². The highest BCUT2D eigenvalue weighted by atomic mass is 32.2. The van der Waals surface area contributed by atoms with Crippen molar-refractivity contribution in [3.05, 3.63) is 29.3 Å². The summed E-state index contributed by atoms with van der Waals surface area (Å²) in [7, 11) is -3.89. The largest absolute Gasteiger partial charge is 0.373 e. The smallest absolute Gasteiger partial charge is 0.296 e. The van der Waals surface area contributed by atoms with Crippen LogP contribution in [0.25, 0.3) is 0 Å². The monoisotopic (exact) mass is 267 g/mol. The van der Waals surface area contributed by atoms with E-state index in [-0.39, 0.29) is 17.4 Å². The molecule has 18 heavy (non-hydrogen) atoms. The molecule has 0 radical (unpaired) electrons. The van der Waals surface area contributed by atoms with Crippen molar-refractivity contribution in [1.29, 1.82) is 5.26 Å². The third kappa shape index (κ3) is 2.79. The maximum absolute atomic E-state index is 11.0. The fourth-order valence-electron chi connectivity index (χ4n) is 2.02. The van der Waals surface area contributed by atoms with E-state index >= 15 is 0 Å². The van der Waals surface area contributed by atoms with E-state index in [0.717, 1.165) is 12.8 Å². The first-order chi connectivity index (χ1) is 8.51. The Labute approximate surface area is 106 Å². The average molecular weight is 267 g/mol. The third-order valence-electron chi connectivity index (χ3n) is 2.74. The van der Waals surface area contributed by atoms with Crippen molar-refractivity contribution in [1.82, 2.24) is 0 Å². The highest BCUT2D eigenvalue weighted by Crippen LogP contribution is 2.33. The van der Waals surface area contributed by atoms with Crippen LogP contribution in [-0.4, -0.2) is 15.0 Å². The predicted molar refractivity (Wildman–Crippen MR) is 65.8 cm³/mol. The molecule has 6 nitrogen and oxygen atoms in total. The topological polar surface area (TPSA) is 105 Å². The first-order valence-electron chi connectivity index (χ1n) is 5.46. The number of nitrogens with zero attached hydrogens (tertiary/aromatic N) is 1. The molecule has 7 heteroatoms. The third-order valence-corrected chi connectivity index (χ3v) is 3.24. The molecule has 3 N–H and O–H groups in total. The molecule has 0 aromatic heterocycles. The van der Waals surface area contributed by atoms with Gasteiger partial charge in [-0.25, -0.2) is 5.14 Å². The summed E-state index contributed by atoms with van der Waals surface area (Å²) in [4.78, 5) is 0. The summed E-state index contributed by atoms with van der Waals surface area (Å²) in [6.07, 6.45) is 1.61. The van der Waals surface area contributed by atoms with Gasteiger partial charge in [-0.15, -0.1) is 0 Å². The van der Waals surface area contributed by atoms with E-state index in [1.54, 1.807) is 12.1 Å². The maximum Gasteiger partial charge on any atom is 0.296 e. The molecular formula is C11H13N3O3S. The van der Waals surface area contributed by atoms with Crippen LogP contribution in [0, 0.1) is 11.3 Å². The van der Waals surface area contributed by atoms with Gasteiger partial charge in [0.1, 0.15) is 6.07 Å². The van der Waals surface area contributed by atoms with E-state index in [2.05, 4.69) is 4.72 Å². The number of rotatable bonds is 3. The lowest BCUT2D eigenvalue weighted by Gasteiger charge is -2.14. The van der Waals surface area contributed by atoms with Gasteiger partial charge in [-0.05, 0) is 18.9 Å². The van der Waals surface area contributed by atoms with Crippen LogP contribution in [-0.2, 0) is 14.9 Å². The number of nitrogens with one attached hydrogen (secondary N) is 1. The highest BCUT2D eigenvalue weighted by molar-refractivity contribution is 7.90. The van der Waals surface area contributed by atoms with Gasteiger partial charge in [-0.1, -0.05) is 12.1 Å². The highest BCUT2D eigenvalue weighted by Gasteiger charge is 2.22. The average Bonchev–Trinajstić information content (AvgIpc) is 2.79. The minimum atomic E-state index is -3.89. The van der Waals surface area contributed by atoms with E-state index in [0.29, 0.717) is 12.2 Å². The molecule has 0 bridgehead atoms. The molecule has 96 valence electrons. The van der Waals surface area contributed by atoms with E-state index in [1.807, 2.05) is 6.07 Å². The molecule has 1 aromatic carbocycles. The molecule has 1 aliphatic heterocycles. The quantitative estimate of drug-likeness (QED) is 0.852. The maximum atomic E-state index is 11.0. The summed E-state index contributed by atoms with van der Waals surface area (Å²) >= 11 is 0. The SMILES string of the molecule is N#Cc1c(NS(N)(=O)=O)cccc1C1CCCO1. The second-order valence-electron chi connectivity index (χ2n) is 4.03. The van der Waals surface area contributed by atoms with Crippen LogP contribution in [0.3, 0.4) is 0 Å². The molecule has 0 amide bonds. The normalized spacial score (nSPS) is 19.4. The lowest BCUT2D eigenvalue weighted by molar-refractivity contribution is 0.112. The van der Waals surface area contributed by atoms with Crippen molar-refractivity contribution in [2.75, 3.05) is 11.3 Å². The molecule has 1 saturated heterocycles. The van der Waals surface area contributed by atoms with Crippen molar-refractivity contribution in [2.45, 2.75) is 18.9 Å². The van der Waals surface area contributed by atoms with E-state index < -0.39 is 10.2 Å².